The molecule has 1 aliphatic carbocycles. The Morgan fingerprint density at radius 1 is 0.977 bits per heavy atom. The summed E-state index contributed by atoms with van der Waals surface area (Å²) >= 11 is 0. The van der Waals surface area contributed by atoms with Gasteiger partial charge in [-0.05, 0) is 78.6 Å². The third-order valence-electron chi connectivity index (χ3n) is 8.06. The van der Waals surface area contributed by atoms with Crippen molar-refractivity contribution in [2.45, 2.75) is 65.0 Å². The molecule has 1 unspecified atom stereocenters. The van der Waals surface area contributed by atoms with Gasteiger partial charge in [0.2, 0.25) is 0 Å². The van der Waals surface area contributed by atoms with Crippen LogP contribution in [-0.2, 0) is 12.0 Å². The molecule has 44 heavy (non-hydrogen) atoms. The van der Waals surface area contributed by atoms with Crippen LogP contribution in [0.15, 0.2) is 91.4 Å². The van der Waals surface area contributed by atoms with Gasteiger partial charge < -0.3 is 10.6 Å². The van der Waals surface area contributed by atoms with Crippen molar-refractivity contribution in [1.29, 1.82) is 0 Å². The maximum Gasteiger partial charge on any atom is 0.324 e. The van der Waals surface area contributed by atoms with E-state index in [2.05, 4.69) is 77.0 Å². The van der Waals surface area contributed by atoms with Crippen molar-refractivity contribution in [2.24, 2.45) is 0 Å². The van der Waals surface area contributed by atoms with Crippen LogP contribution in [0.5, 0.6) is 0 Å². The first kappa shape index (κ1) is 29.3. The van der Waals surface area contributed by atoms with Crippen LogP contribution in [0.25, 0.3) is 22.0 Å². The average Bonchev–Trinajstić information content (AvgIpc) is 3.45. The molecule has 0 fully saturated rings. The first-order valence-electron chi connectivity index (χ1n) is 15.2. The van der Waals surface area contributed by atoms with E-state index in [1.807, 2.05) is 61.8 Å². The van der Waals surface area contributed by atoms with Crippen molar-refractivity contribution in [3.63, 3.8) is 0 Å². The molecule has 3 aromatic heterocycles. The number of carbonyl (C=O) groups excluding carboxylic acids is 1. The van der Waals surface area contributed by atoms with Crippen LogP contribution in [0.1, 0.15) is 62.5 Å². The van der Waals surface area contributed by atoms with E-state index in [4.69, 9.17) is 5.10 Å². The number of rotatable bonds is 7. The van der Waals surface area contributed by atoms with Gasteiger partial charge in [-0.3, -0.25) is 15.3 Å². The molecule has 0 spiro atoms. The number of aryl methyl sites for hydroxylation is 1. The maximum absolute atomic E-state index is 13.4. The van der Waals surface area contributed by atoms with E-state index in [0.29, 0.717) is 11.9 Å². The molecule has 0 saturated heterocycles. The van der Waals surface area contributed by atoms with E-state index in [0.717, 1.165) is 59.3 Å². The quantitative estimate of drug-likeness (QED) is 0.181. The topological polar surface area (TPSA) is 96.8 Å². The first-order chi connectivity index (χ1) is 21.2. The number of aromatic nitrogens is 4. The normalized spacial score (nSPS) is 15.2. The van der Waals surface area contributed by atoms with Crippen LogP contribution in [0.2, 0.25) is 0 Å². The molecule has 0 bridgehead atoms. The minimum absolute atomic E-state index is 0.191. The summed E-state index contributed by atoms with van der Waals surface area (Å²) in [6, 6.07) is 22.3. The number of hydrogen-bond acceptors (Lipinski definition) is 5. The third-order valence-corrected chi connectivity index (χ3v) is 8.06. The van der Waals surface area contributed by atoms with Gasteiger partial charge >= 0.3 is 6.03 Å². The number of nitrogens with one attached hydrogen (secondary N) is 3. The summed E-state index contributed by atoms with van der Waals surface area (Å²) in [6.45, 7) is 9.06. The minimum Gasteiger partial charge on any atom is -0.307 e. The number of benzene rings is 2. The highest BCUT2D eigenvalue weighted by Crippen LogP contribution is 2.35. The van der Waals surface area contributed by atoms with Crippen LogP contribution in [0, 0.1) is 6.92 Å². The second-order valence-electron chi connectivity index (χ2n) is 12.4. The lowest BCUT2D eigenvalue weighted by Gasteiger charge is -2.24. The number of hydrogen-bond donors (Lipinski definition) is 3. The molecule has 6 rings (SSSR count). The van der Waals surface area contributed by atoms with Gasteiger partial charge in [-0.2, -0.15) is 5.10 Å². The molecule has 0 aliphatic heterocycles. The molecule has 5 aromatic rings. The number of fused-ring (bicyclic) bond motifs is 1. The van der Waals surface area contributed by atoms with Crippen LogP contribution in [0.3, 0.4) is 0 Å². The van der Waals surface area contributed by atoms with E-state index in [1.165, 1.54) is 16.7 Å². The van der Waals surface area contributed by atoms with Gasteiger partial charge in [0.25, 0.3) is 0 Å². The largest absolute Gasteiger partial charge is 0.324 e. The van der Waals surface area contributed by atoms with Crippen molar-refractivity contribution in [1.82, 2.24) is 25.1 Å². The fourth-order valence-corrected chi connectivity index (χ4v) is 5.63. The Morgan fingerprint density at radius 2 is 1.77 bits per heavy atom. The Labute approximate surface area is 258 Å². The Hall–Kier alpha value is -4.82. The zero-order valence-electron chi connectivity index (χ0n) is 25.8. The van der Waals surface area contributed by atoms with Gasteiger partial charge in [0, 0.05) is 47.5 Å². The highest BCUT2D eigenvalue weighted by Gasteiger charge is 2.22. The summed E-state index contributed by atoms with van der Waals surface area (Å²) < 4.78 is 1.74. The molecule has 0 saturated carbocycles. The summed E-state index contributed by atoms with van der Waals surface area (Å²) in [7, 11) is 0. The second-order valence-corrected chi connectivity index (χ2v) is 12.4. The van der Waals surface area contributed by atoms with Gasteiger partial charge in [0.1, 0.15) is 5.82 Å². The Bertz CT molecular complexity index is 1800. The number of carbonyl (C=O) groups is 1. The number of urea groups is 1. The number of amides is 2. The lowest BCUT2D eigenvalue weighted by atomic mass is 9.88. The molecule has 1 atom stereocenters. The van der Waals surface area contributed by atoms with Crippen molar-refractivity contribution in [3.8, 4) is 5.69 Å². The molecule has 1 aliphatic rings. The molecule has 2 aromatic carbocycles. The average molecular weight is 586 g/mol. The molecule has 0 radical (unpaired) electrons. The van der Waals surface area contributed by atoms with Gasteiger partial charge in [-0.15, -0.1) is 0 Å². The molecule has 3 heterocycles. The molecular weight excluding hydrogens is 546 g/mol. The van der Waals surface area contributed by atoms with Crippen molar-refractivity contribution in [2.75, 3.05) is 10.6 Å². The van der Waals surface area contributed by atoms with Gasteiger partial charge in [-0.25, -0.2) is 9.48 Å². The van der Waals surface area contributed by atoms with Crippen molar-refractivity contribution >= 4 is 33.9 Å². The zero-order valence-corrected chi connectivity index (χ0v) is 25.8. The lowest BCUT2D eigenvalue weighted by Crippen LogP contribution is -2.28. The first-order valence-corrected chi connectivity index (χ1v) is 15.2. The second kappa shape index (κ2) is 12.4. The number of nitrogens with zero attached hydrogens (tertiary/aromatic N) is 4. The Balaban J connectivity index is 1.24. The highest BCUT2D eigenvalue weighted by atomic mass is 16.2. The standard InChI is InChI=1S/C36H39N7O/c1-24-12-13-28(23-38-24)43-34(21-33(42-43)36(2,3)4)41-35(44)40-32-15-14-29(30-10-5-6-11-31(30)32)26-8-7-9-27(20-26)39-22-25-16-18-37-19-17-25/h5-6,10-21,23,27,39H,7-9,22H2,1-4H3,(H2,40,41,44). The lowest BCUT2D eigenvalue weighted by molar-refractivity contribution is 0.262. The molecule has 3 N–H and O–H groups in total. The highest BCUT2D eigenvalue weighted by molar-refractivity contribution is 6.08. The number of allylic oxidation sites excluding steroid dienone is 1. The van der Waals surface area contributed by atoms with Crippen molar-refractivity contribution in [3.05, 3.63) is 114 Å². The number of anilines is 2. The van der Waals surface area contributed by atoms with Crippen LogP contribution < -0.4 is 16.0 Å². The van der Waals surface area contributed by atoms with Crippen LogP contribution in [0.4, 0.5) is 16.3 Å². The fraction of sp³-hybridized carbons (Fsp3) is 0.278. The van der Waals surface area contributed by atoms with E-state index in [9.17, 15) is 4.79 Å². The molecular formula is C36H39N7O. The van der Waals surface area contributed by atoms with Gasteiger partial charge in [0.15, 0.2) is 0 Å². The molecule has 2 amide bonds. The minimum atomic E-state index is -0.332. The van der Waals surface area contributed by atoms with Crippen LogP contribution in [-0.4, -0.2) is 31.8 Å². The summed E-state index contributed by atoms with van der Waals surface area (Å²) in [4.78, 5) is 22.0. The van der Waals surface area contributed by atoms with E-state index in [1.54, 1.807) is 10.9 Å². The molecule has 8 heteroatoms. The fourth-order valence-electron chi connectivity index (χ4n) is 5.63. The zero-order chi connectivity index (χ0) is 30.7. The summed E-state index contributed by atoms with van der Waals surface area (Å²) in [6.07, 6.45) is 11.1. The van der Waals surface area contributed by atoms with E-state index >= 15 is 0 Å². The number of pyridine rings is 2. The smallest absolute Gasteiger partial charge is 0.307 e. The monoisotopic (exact) mass is 585 g/mol. The maximum atomic E-state index is 13.4. The predicted molar refractivity (Wildman–Crippen MR) is 178 cm³/mol. The summed E-state index contributed by atoms with van der Waals surface area (Å²) in [5.74, 6) is 0.580. The van der Waals surface area contributed by atoms with E-state index in [-0.39, 0.29) is 11.4 Å². The predicted octanol–water partition coefficient (Wildman–Crippen LogP) is 7.79. The van der Waals surface area contributed by atoms with Gasteiger partial charge in [-0.1, -0.05) is 57.2 Å². The molecule has 224 valence electrons. The third kappa shape index (κ3) is 6.55. The van der Waals surface area contributed by atoms with Crippen LogP contribution >= 0.6 is 0 Å². The molecule has 8 nitrogen and oxygen atoms in total. The van der Waals surface area contributed by atoms with E-state index < -0.39 is 0 Å². The Kier molecular flexibility index (Phi) is 8.26. The van der Waals surface area contributed by atoms with Gasteiger partial charge in [0.05, 0.1) is 23.3 Å². The SMILES string of the molecule is Cc1ccc(-n2nc(C(C)(C)C)cc2NC(=O)Nc2ccc(C3=CC(NCc4ccncc4)CCC3)c3ccccc23)cn1. The summed E-state index contributed by atoms with van der Waals surface area (Å²) in [5.41, 5.74) is 6.91. The van der Waals surface area contributed by atoms with Crippen molar-refractivity contribution < 1.29 is 4.79 Å². The summed E-state index contributed by atoms with van der Waals surface area (Å²) in [5, 5.41) is 16.8. The Morgan fingerprint density at radius 3 is 2.52 bits per heavy atom.